The highest BCUT2D eigenvalue weighted by atomic mass is 16.3. The van der Waals surface area contributed by atoms with E-state index in [9.17, 15) is 5.11 Å². The third-order valence-electron chi connectivity index (χ3n) is 7.66. The lowest BCUT2D eigenvalue weighted by Crippen LogP contribution is -2.46. The van der Waals surface area contributed by atoms with E-state index in [1.54, 1.807) is 0 Å². The lowest BCUT2D eigenvalue weighted by molar-refractivity contribution is 0.107. The second kappa shape index (κ2) is 9.41. The Labute approximate surface area is 196 Å². The maximum absolute atomic E-state index is 10.5. The van der Waals surface area contributed by atoms with Gasteiger partial charge in [0.05, 0.1) is 35.8 Å². The molecule has 33 heavy (non-hydrogen) atoms. The van der Waals surface area contributed by atoms with Crippen LogP contribution in [0.1, 0.15) is 60.9 Å². The molecule has 7 nitrogen and oxygen atoms in total. The number of aryl methyl sites for hydroxylation is 1. The van der Waals surface area contributed by atoms with Crippen LogP contribution in [0.2, 0.25) is 0 Å². The molecule has 2 unspecified atom stereocenters. The number of aromatic nitrogens is 3. The van der Waals surface area contributed by atoms with Crippen LogP contribution >= 0.6 is 0 Å². The third kappa shape index (κ3) is 4.03. The van der Waals surface area contributed by atoms with E-state index in [0.29, 0.717) is 0 Å². The van der Waals surface area contributed by atoms with Gasteiger partial charge in [-0.05, 0) is 63.5 Å². The molecule has 1 N–H and O–H groups in total. The minimum atomic E-state index is -0.0138. The Morgan fingerprint density at radius 2 is 1.76 bits per heavy atom. The molecule has 2 aliphatic heterocycles. The molecule has 176 valence electrons. The molecule has 0 aromatic carbocycles. The van der Waals surface area contributed by atoms with Crippen molar-refractivity contribution in [2.24, 2.45) is 0 Å². The number of piperidine rings is 1. The van der Waals surface area contributed by atoms with E-state index in [0.717, 1.165) is 80.5 Å². The van der Waals surface area contributed by atoms with Crippen molar-refractivity contribution in [1.82, 2.24) is 24.2 Å². The number of pyridine rings is 2. The van der Waals surface area contributed by atoms with Crippen LogP contribution in [-0.4, -0.2) is 69.0 Å². The predicted octanol–water partition coefficient (Wildman–Crippen LogP) is 3.57. The minimum Gasteiger partial charge on any atom is -0.390 e. The molecule has 0 saturated carbocycles. The van der Waals surface area contributed by atoms with Gasteiger partial charge in [0.15, 0.2) is 0 Å². The smallest absolute Gasteiger partial charge is 0.138 e. The van der Waals surface area contributed by atoms with E-state index < -0.39 is 0 Å². The molecule has 2 fully saturated rings. The lowest BCUT2D eigenvalue weighted by atomic mass is 9.90. The second-order valence-corrected chi connectivity index (χ2v) is 9.43. The quantitative estimate of drug-likeness (QED) is 0.644. The van der Waals surface area contributed by atoms with Gasteiger partial charge in [0, 0.05) is 32.4 Å². The summed E-state index contributed by atoms with van der Waals surface area (Å²) in [6.45, 7) is 9.58. The SMILES string of the molecule is CCN1CCN(c2cccc3nc(C4CCCC(c5ncccc5C)N4C)c(CO)n23)CC1. The topological polar surface area (TPSA) is 60.1 Å². The van der Waals surface area contributed by atoms with Crippen LogP contribution in [0.3, 0.4) is 0 Å². The molecule has 3 aromatic rings. The van der Waals surface area contributed by atoms with Gasteiger partial charge < -0.3 is 14.9 Å². The number of likely N-dealkylation sites (N-methyl/N-ethyl adjacent to an activating group) is 1. The standard InChI is InChI=1S/C26H36N6O/c1-4-30-14-16-31(17-15-30)24-12-6-11-23-28-26(22(18-33)32(23)24)21-10-5-9-20(29(21)3)25-19(2)8-7-13-27-25/h6-8,11-13,20-21,33H,4-5,9-10,14-18H2,1-3H3. The zero-order valence-electron chi connectivity index (χ0n) is 20.1. The minimum absolute atomic E-state index is 0.0138. The molecule has 0 amide bonds. The van der Waals surface area contributed by atoms with E-state index in [1.165, 1.54) is 5.56 Å². The van der Waals surface area contributed by atoms with Crippen LogP contribution < -0.4 is 4.90 Å². The average Bonchev–Trinajstić information content (AvgIpc) is 3.23. The normalized spacial score (nSPS) is 22.8. The van der Waals surface area contributed by atoms with Crippen molar-refractivity contribution in [3.8, 4) is 0 Å². The fourth-order valence-electron chi connectivity index (χ4n) is 5.75. The maximum atomic E-state index is 10.5. The number of aliphatic hydroxyl groups is 1. The Kier molecular flexibility index (Phi) is 6.36. The molecule has 2 saturated heterocycles. The maximum Gasteiger partial charge on any atom is 0.138 e. The number of anilines is 1. The molecular formula is C26H36N6O. The van der Waals surface area contributed by atoms with E-state index in [4.69, 9.17) is 9.97 Å². The van der Waals surface area contributed by atoms with Crippen molar-refractivity contribution < 1.29 is 5.11 Å². The highest BCUT2D eigenvalue weighted by Crippen LogP contribution is 2.41. The molecular weight excluding hydrogens is 412 g/mol. The number of hydrogen-bond donors (Lipinski definition) is 1. The van der Waals surface area contributed by atoms with Gasteiger partial charge >= 0.3 is 0 Å². The van der Waals surface area contributed by atoms with Crippen molar-refractivity contribution in [3.63, 3.8) is 0 Å². The highest BCUT2D eigenvalue weighted by molar-refractivity contribution is 5.55. The number of fused-ring (bicyclic) bond motifs is 1. The van der Waals surface area contributed by atoms with Crippen molar-refractivity contribution in [1.29, 1.82) is 0 Å². The predicted molar refractivity (Wildman–Crippen MR) is 132 cm³/mol. The van der Waals surface area contributed by atoms with Crippen molar-refractivity contribution >= 4 is 11.5 Å². The summed E-state index contributed by atoms with van der Waals surface area (Å²) in [5.74, 6) is 1.14. The van der Waals surface area contributed by atoms with Crippen LogP contribution in [0.25, 0.3) is 5.65 Å². The Morgan fingerprint density at radius 1 is 1.00 bits per heavy atom. The molecule has 5 heterocycles. The van der Waals surface area contributed by atoms with Crippen LogP contribution in [-0.2, 0) is 6.61 Å². The van der Waals surface area contributed by atoms with Gasteiger partial charge in [0.1, 0.15) is 11.5 Å². The first-order valence-electron chi connectivity index (χ1n) is 12.3. The summed E-state index contributed by atoms with van der Waals surface area (Å²) >= 11 is 0. The fourth-order valence-corrected chi connectivity index (χ4v) is 5.75. The first-order chi connectivity index (χ1) is 16.1. The molecule has 0 radical (unpaired) electrons. The van der Waals surface area contributed by atoms with Gasteiger partial charge in [-0.1, -0.05) is 19.1 Å². The van der Waals surface area contributed by atoms with Gasteiger partial charge in [0.25, 0.3) is 0 Å². The van der Waals surface area contributed by atoms with Crippen LogP contribution in [0.15, 0.2) is 36.5 Å². The lowest BCUT2D eigenvalue weighted by Gasteiger charge is -2.39. The monoisotopic (exact) mass is 448 g/mol. The van der Waals surface area contributed by atoms with E-state index in [2.05, 4.69) is 64.3 Å². The van der Waals surface area contributed by atoms with Crippen LogP contribution in [0, 0.1) is 6.92 Å². The number of nitrogens with zero attached hydrogens (tertiary/aromatic N) is 6. The summed E-state index contributed by atoms with van der Waals surface area (Å²) < 4.78 is 2.19. The summed E-state index contributed by atoms with van der Waals surface area (Å²) in [5.41, 5.74) is 5.26. The first kappa shape index (κ1) is 22.3. The zero-order chi connectivity index (χ0) is 22.9. The first-order valence-corrected chi connectivity index (χ1v) is 12.3. The molecule has 0 spiro atoms. The number of rotatable bonds is 5. The van der Waals surface area contributed by atoms with Gasteiger partial charge in [0.2, 0.25) is 0 Å². The van der Waals surface area contributed by atoms with Gasteiger partial charge in [-0.25, -0.2) is 4.98 Å². The molecule has 5 rings (SSSR count). The molecule has 0 aliphatic carbocycles. The Hall–Kier alpha value is -2.48. The molecule has 2 atom stereocenters. The Morgan fingerprint density at radius 3 is 2.45 bits per heavy atom. The van der Waals surface area contributed by atoms with E-state index in [-0.39, 0.29) is 18.7 Å². The Balaban J connectivity index is 1.51. The summed E-state index contributed by atoms with van der Waals surface area (Å²) in [7, 11) is 2.19. The van der Waals surface area contributed by atoms with E-state index in [1.807, 2.05) is 12.3 Å². The molecule has 3 aromatic heterocycles. The number of likely N-dealkylation sites (tertiary alicyclic amines) is 1. The van der Waals surface area contributed by atoms with Gasteiger partial charge in [-0.2, -0.15) is 0 Å². The molecule has 7 heteroatoms. The summed E-state index contributed by atoms with van der Waals surface area (Å²) in [4.78, 5) is 17.2. The zero-order valence-corrected chi connectivity index (χ0v) is 20.1. The van der Waals surface area contributed by atoms with Crippen molar-refractivity contribution in [3.05, 3.63) is 59.2 Å². The molecule has 2 aliphatic rings. The van der Waals surface area contributed by atoms with Gasteiger partial charge in [-0.15, -0.1) is 0 Å². The van der Waals surface area contributed by atoms with E-state index >= 15 is 0 Å². The van der Waals surface area contributed by atoms with Crippen molar-refractivity contribution in [2.45, 2.75) is 51.8 Å². The third-order valence-corrected chi connectivity index (χ3v) is 7.66. The summed E-state index contributed by atoms with van der Waals surface area (Å²) in [5, 5.41) is 10.5. The number of imidazole rings is 1. The average molecular weight is 449 g/mol. The number of aliphatic hydroxyl groups excluding tert-OH is 1. The van der Waals surface area contributed by atoms with Crippen LogP contribution in [0.4, 0.5) is 5.82 Å². The summed E-state index contributed by atoms with van der Waals surface area (Å²) in [6, 6.07) is 10.9. The highest BCUT2D eigenvalue weighted by Gasteiger charge is 2.34. The fraction of sp³-hybridized carbons (Fsp3) is 0.538. The van der Waals surface area contributed by atoms with Crippen molar-refractivity contribution in [2.75, 3.05) is 44.7 Å². The number of hydrogen-bond acceptors (Lipinski definition) is 6. The number of piperazine rings is 1. The largest absolute Gasteiger partial charge is 0.390 e. The second-order valence-electron chi connectivity index (χ2n) is 9.43. The van der Waals surface area contributed by atoms with Gasteiger partial charge in [-0.3, -0.25) is 14.3 Å². The summed E-state index contributed by atoms with van der Waals surface area (Å²) in [6.07, 6.45) is 5.16. The van der Waals surface area contributed by atoms with Crippen LogP contribution in [0.5, 0.6) is 0 Å². The Bertz CT molecular complexity index is 1100. The molecule has 0 bridgehead atoms.